The minimum atomic E-state index is -1.27. The maximum Gasteiger partial charge on any atom is 0.327 e. The molecule has 1 heterocycles. The van der Waals surface area contributed by atoms with E-state index < -0.39 is 53.8 Å². The van der Waals surface area contributed by atoms with Gasteiger partial charge in [0.25, 0.3) is 0 Å². The number of nitrogens with one attached hydrogen (secondary N) is 4. The highest BCUT2D eigenvalue weighted by molar-refractivity contribution is 7.80. The monoisotopic (exact) mass is 457 g/mol. The van der Waals surface area contributed by atoms with Gasteiger partial charge in [-0.1, -0.05) is 0 Å². The number of aromatic amines is 1. The van der Waals surface area contributed by atoms with Gasteiger partial charge in [-0.25, -0.2) is 9.78 Å². The molecule has 0 saturated heterocycles. The number of carbonyl (C=O) groups is 5. The van der Waals surface area contributed by atoms with Crippen LogP contribution in [0.2, 0.25) is 0 Å². The van der Waals surface area contributed by atoms with Crippen molar-refractivity contribution in [3.63, 3.8) is 0 Å². The Bertz CT molecular complexity index is 788. The van der Waals surface area contributed by atoms with Gasteiger partial charge >= 0.3 is 5.97 Å². The van der Waals surface area contributed by atoms with E-state index in [4.69, 9.17) is 16.6 Å². The second kappa shape index (κ2) is 12.5. The topological polar surface area (TPSA) is 222 Å². The largest absolute Gasteiger partial charge is 0.480 e. The van der Waals surface area contributed by atoms with E-state index in [0.717, 1.165) is 0 Å². The van der Waals surface area contributed by atoms with Crippen LogP contribution in [0.25, 0.3) is 0 Å². The summed E-state index contributed by atoms with van der Waals surface area (Å²) in [7, 11) is 0. The van der Waals surface area contributed by atoms with E-state index >= 15 is 0 Å². The molecule has 4 atom stereocenters. The van der Waals surface area contributed by atoms with Gasteiger partial charge in [0.2, 0.25) is 23.6 Å². The number of carbonyl (C=O) groups excluding carboxylic acids is 4. The highest BCUT2D eigenvalue weighted by Crippen LogP contribution is 2.02. The van der Waals surface area contributed by atoms with Crippen LogP contribution in [0.1, 0.15) is 25.5 Å². The molecule has 0 fully saturated rings. The number of primary amides is 1. The molecule has 0 radical (unpaired) electrons. The van der Waals surface area contributed by atoms with Crippen LogP contribution in [-0.4, -0.2) is 74.6 Å². The van der Waals surface area contributed by atoms with Gasteiger partial charge in [0.1, 0.15) is 18.1 Å². The zero-order valence-electron chi connectivity index (χ0n) is 16.8. The summed E-state index contributed by atoms with van der Waals surface area (Å²) >= 11 is 3.86. The Morgan fingerprint density at radius 2 is 1.77 bits per heavy atom. The first-order chi connectivity index (χ1) is 14.5. The Labute approximate surface area is 183 Å². The SMILES string of the molecule is CC(NC(=O)C(Cc1cnc[nH]1)NC(=O)C(N)CCC(N)=O)C(=O)NC(CS)C(=O)O. The maximum absolute atomic E-state index is 12.7. The van der Waals surface area contributed by atoms with Gasteiger partial charge in [-0.15, -0.1) is 0 Å². The lowest BCUT2D eigenvalue weighted by Gasteiger charge is -2.23. The van der Waals surface area contributed by atoms with Gasteiger partial charge in [0.15, 0.2) is 0 Å². The number of nitrogens with two attached hydrogens (primary N) is 2. The number of rotatable bonds is 13. The quantitative estimate of drug-likeness (QED) is 0.142. The first kappa shape index (κ1) is 25.9. The van der Waals surface area contributed by atoms with E-state index in [1.807, 2.05) is 0 Å². The van der Waals surface area contributed by atoms with E-state index in [1.54, 1.807) is 0 Å². The number of imidazole rings is 1. The molecule has 4 amide bonds. The third-order valence-corrected chi connectivity index (χ3v) is 4.56. The number of thiol groups is 1. The van der Waals surface area contributed by atoms with Crippen molar-refractivity contribution in [2.45, 2.75) is 50.4 Å². The fourth-order valence-corrected chi connectivity index (χ4v) is 2.64. The fourth-order valence-electron chi connectivity index (χ4n) is 2.39. The second-order valence-electron chi connectivity index (χ2n) is 6.77. The molecule has 0 saturated carbocycles. The fraction of sp³-hybridized carbons (Fsp3) is 0.529. The molecule has 1 rings (SSSR count). The average molecular weight is 458 g/mol. The number of nitrogens with zero attached hydrogens (tertiary/aromatic N) is 1. The van der Waals surface area contributed by atoms with Crippen molar-refractivity contribution in [2.75, 3.05) is 5.75 Å². The molecule has 1 aromatic rings. The van der Waals surface area contributed by atoms with Gasteiger partial charge in [-0.2, -0.15) is 12.6 Å². The van der Waals surface area contributed by atoms with Crippen LogP contribution in [0.3, 0.4) is 0 Å². The summed E-state index contributed by atoms with van der Waals surface area (Å²) in [5, 5.41) is 16.1. The number of carboxylic acids is 1. The third-order valence-electron chi connectivity index (χ3n) is 4.20. The van der Waals surface area contributed by atoms with Gasteiger partial charge in [0.05, 0.1) is 12.4 Å². The molecular formula is C17H27N7O6S. The van der Waals surface area contributed by atoms with Crippen LogP contribution in [-0.2, 0) is 30.4 Å². The predicted octanol–water partition coefficient (Wildman–Crippen LogP) is -2.97. The molecule has 0 spiro atoms. The van der Waals surface area contributed by atoms with Gasteiger partial charge in [-0.05, 0) is 13.3 Å². The molecule has 13 nitrogen and oxygen atoms in total. The van der Waals surface area contributed by atoms with E-state index in [1.165, 1.54) is 19.4 Å². The summed E-state index contributed by atoms with van der Waals surface area (Å²) in [5.74, 6) is -4.14. The zero-order valence-corrected chi connectivity index (χ0v) is 17.7. The Kier molecular flexibility index (Phi) is 10.5. The molecule has 0 aliphatic rings. The summed E-state index contributed by atoms with van der Waals surface area (Å²) in [6.45, 7) is 1.36. The molecule has 172 valence electrons. The standard InChI is InChI=1S/C17H27N7O6S/c1-8(14(26)24-12(6-31)17(29)30)22-16(28)11(4-9-5-20-7-21-9)23-15(27)10(18)2-3-13(19)25/h5,7-8,10-12,31H,2-4,6,18H2,1H3,(H2,19,25)(H,20,21)(H,22,28)(H,23,27)(H,24,26)(H,29,30). The minimum absolute atomic E-state index is 0.00131. The lowest BCUT2D eigenvalue weighted by atomic mass is 10.1. The van der Waals surface area contributed by atoms with E-state index in [9.17, 15) is 24.0 Å². The lowest BCUT2D eigenvalue weighted by molar-refractivity contribution is -0.141. The Morgan fingerprint density at radius 1 is 1.13 bits per heavy atom. The van der Waals surface area contributed by atoms with Gasteiger partial charge in [0, 0.05) is 30.5 Å². The molecular weight excluding hydrogens is 430 g/mol. The third kappa shape index (κ3) is 9.04. The first-order valence-corrected chi connectivity index (χ1v) is 9.94. The minimum Gasteiger partial charge on any atom is -0.480 e. The number of H-pyrrole nitrogens is 1. The van der Waals surface area contributed by atoms with Crippen molar-refractivity contribution in [1.29, 1.82) is 0 Å². The molecule has 1 aromatic heterocycles. The number of carboxylic acid groups (broad SMARTS) is 1. The smallest absolute Gasteiger partial charge is 0.327 e. The highest BCUT2D eigenvalue weighted by atomic mass is 32.1. The summed E-state index contributed by atoms with van der Waals surface area (Å²) in [6.07, 6.45) is 2.77. The predicted molar refractivity (Wildman–Crippen MR) is 112 cm³/mol. The number of hydrogen-bond acceptors (Lipinski definition) is 8. The molecule has 0 aromatic carbocycles. The van der Waals surface area contributed by atoms with Crippen molar-refractivity contribution >= 4 is 42.2 Å². The summed E-state index contributed by atoms with van der Waals surface area (Å²) in [6, 6.07) is -4.52. The normalized spacial score (nSPS) is 14.5. The number of aromatic nitrogens is 2. The van der Waals surface area contributed by atoms with Crippen LogP contribution >= 0.6 is 12.6 Å². The van der Waals surface area contributed by atoms with Crippen molar-refractivity contribution in [2.24, 2.45) is 11.5 Å². The van der Waals surface area contributed by atoms with Crippen LogP contribution in [0.15, 0.2) is 12.5 Å². The molecule has 14 heteroatoms. The Balaban J connectivity index is 2.81. The summed E-state index contributed by atoms with van der Waals surface area (Å²) in [4.78, 5) is 65.8. The van der Waals surface area contributed by atoms with E-state index in [2.05, 4.69) is 38.5 Å². The van der Waals surface area contributed by atoms with E-state index in [0.29, 0.717) is 5.69 Å². The molecule has 0 bridgehead atoms. The number of hydrogen-bond donors (Lipinski definition) is 8. The zero-order chi connectivity index (χ0) is 23.6. The van der Waals surface area contributed by atoms with Crippen molar-refractivity contribution in [3.05, 3.63) is 18.2 Å². The molecule has 0 aliphatic heterocycles. The van der Waals surface area contributed by atoms with Crippen LogP contribution < -0.4 is 27.4 Å². The van der Waals surface area contributed by atoms with Crippen LogP contribution in [0.5, 0.6) is 0 Å². The summed E-state index contributed by atoms with van der Waals surface area (Å²) < 4.78 is 0. The second-order valence-corrected chi connectivity index (χ2v) is 7.13. The molecule has 0 aliphatic carbocycles. The van der Waals surface area contributed by atoms with Crippen molar-refractivity contribution in [1.82, 2.24) is 25.9 Å². The Morgan fingerprint density at radius 3 is 2.29 bits per heavy atom. The average Bonchev–Trinajstić information content (AvgIpc) is 3.21. The van der Waals surface area contributed by atoms with Gasteiger partial charge in [-0.3, -0.25) is 19.2 Å². The number of amides is 4. The number of aliphatic carboxylic acids is 1. The lowest BCUT2D eigenvalue weighted by Crippen LogP contribution is -2.57. The van der Waals surface area contributed by atoms with Crippen molar-refractivity contribution < 1.29 is 29.1 Å². The van der Waals surface area contributed by atoms with Crippen molar-refractivity contribution in [3.8, 4) is 0 Å². The van der Waals surface area contributed by atoms with Crippen LogP contribution in [0.4, 0.5) is 0 Å². The molecule has 9 N–H and O–H groups in total. The molecule has 31 heavy (non-hydrogen) atoms. The van der Waals surface area contributed by atoms with Crippen LogP contribution in [0, 0.1) is 0 Å². The molecule has 4 unspecified atom stereocenters. The van der Waals surface area contributed by atoms with Gasteiger partial charge < -0.3 is 37.5 Å². The highest BCUT2D eigenvalue weighted by Gasteiger charge is 2.28. The van der Waals surface area contributed by atoms with E-state index in [-0.39, 0.29) is 25.0 Å². The first-order valence-electron chi connectivity index (χ1n) is 9.31. The maximum atomic E-state index is 12.7. The summed E-state index contributed by atoms with van der Waals surface area (Å²) in [5.41, 5.74) is 11.3. The Hall–Kier alpha value is -3.13.